The Balaban J connectivity index is 2.68. The van der Waals surface area contributed by atoms with Crippen LogP contribution in [0.5, 0.6) is 0 Å². The molecule has 1 aliphatic carbocycles. The summed E-state index contributed by atoms with van der Waals surface area (Å²) in [5.74, 6) is 5.28. The van der Waals surface area contributed by atoms with E-state index in [4.69, 9.17) is 0 Å². The molecule has 0 aromatic heterocycles. The van der Waals surface area contributed by atoms with Gasteiger partial charge in [-0.25, -0.2) is 0 Å². The van der Waals surface area contributed by atoms with E-state index in [1.165, 1.54) is 19.3 Å². The second-order valence-electron chi connectivity index (χ2n) is 7.04. The average Bonchev–Trinajstić information content (AvgIpc) is 2.13. The average molecular weight is 240 g/mol. The molecule has 0 N–H and O–H groups in total. The summed E-state index contributed by atoms with van der Waals surface area (Å²) >= 11 is 0. The molecule has 1 aliphatic rings. The molecular formula is C15H29P. The maximum Gasteiger partial charge on any atom is 0.00392 e. The van der Waals surface area contributed by atoms with E-state index in [1.807, 2.05) is 0 Å². The Morgan fingerprint density at radius 3 is 2.31 bits per heavy atom. The minimum absolute atomic E-state index is 0.379. The van der Waals surface area contributed by atoms with E-state index in [1.54, 1.807) is 8.20 Å². The molecule has 0 aromatic carbocycles. The van der Waals surface area contributed by atoms with Crippen LogP contribution in [0.1, 0.15) is 60.8 Å². The third-order valence-corrected chi connectivity index (χ3v) is 5.54. The minimum Gasteiger partial charge on any atom is -0.105 e. The first-order chi connectivity index (χ1) is 7.29. The maximum atomic E-state index is 2.52. The predicted molar refractivity (Wildman–Crippen MR) is 77.6 cm³/mol. The van der Waals surface area contributed by atoms with Crippen molar-refractivity contribution in [1.29, 1.82) is 0 Å². The lowest BCUT2D eigenvalue weighted by Crippen LogP contribution is -2.28. The first-order valence-electron chi connectivity index (χ1n) is 6.84. The molecule has 1 rings (SSSR count). The fourth-order valence-electron chi connectivity index (χ4n) is 2.64. The van der Waals surface area contributed by atoms with Gasteiger partial charge < -0.3 is 0 Å². The van der Waals surface area contributed by atoms with E-state index in [9.17, 15) is 0 Å². The van der Waals surface area contributed by atoms with Crippen molar-refractivity contribution in [2.75, 3.05) is 0 Å². The highest BCUT2D eigenvalue weighted by atomic mass is 31.1. The highest BCUT2D eigenvalue weighted by Crippen LogP contribution is 2.40. The Morgan fingerprint density at radius 2 is 1.81 bits per heavy atom. The Hall–Kier alpha value is 0.170. The van der Waals surface area contributed by atoms with E-state index < -0.39 is 0 Å². The lowest BCUT2D eigenvalue weighted by Gasteiger charge is -2.35. The van der Waals surface area contributed by atoms with Gasteiger partial charge in [-0.2, -0.15) is 0 Å². The molecule has 0 bridgehead atoms. The summed E-state index contributed by atoms with van der Waals surface area (Å²) < 4.78 is 0. The van der Waals surface area contributed by atoms with Gasteiger partial charge in [-0.3, -0.25) is 0 Å². The fraction of sp³-hybridized carbons (Fsp3) is 0.933. The van der Waals surface area contributed by atoms with Gasteiger partial charge in [-0.15, -0.1) is 8.20 Å². The summed E-state index contributed by atoms with van der Waals surface area (Å²) in [5, 5.41) is 0. The topological polar surface area (TPSA) is 0 Å². The molecule has 0 amide bonds. The van der Waals surface area contributed by atoms with Crippen molar-refractivity contribution >= 4 is 14.0 Å². The van der Waals surface area contributed by atoms with Gasteiger partial charge in [0.25, 0.3) is 0 Å². The second-order valence-corrected chi connectivity index (χ2v) is 8.26. The summed E-state index contributed by atoms with van der Waals surface area (Å²) in [4.78, 5) is 0. The molecule has 0 saturated heterocycles. The molecular weight excluding hydrogens is 211 g/mol. The van der Waals surface area contributed by atoms with Crippen LogP contribution in [-0.4, -0.2) is 11.5 Å². The van der Waals surface area contributed by atoms with Crippen molar-refractivity contribution in [2.45, 2.75) is 66.5 Å². The van der Waals surface area contributed by atoms with Gasteiger partial charge >= 0.3 is 0 Å². The number of hydrogen-bond acceptors (Lipinski definition) is 0. The monoisotopic (exact) mass is 240 g/mol. The van der Waals surface area contributed by atoms with E-state index in [0.717, 1.165) is 23.4 Å². The zero-order chi connectivity index (χ0) is 12.3. The van der Waals surface area contributed by atoms with Gasteiger partial charge in [-0.1, -0.05) is 53.8 Å². The van der Waals surface area contributed by atoms with Crippen molar-refractivity contribution in [3.05, 3.63) is 0 Å². The van der Waals surface area contributed by atoms with Gasteiger partial charge in [0.15, 0.2) is 0 Å². The third-order valence-electron chi connectivity index (χ3n) is 3.64. The van der Waals surface area contributed by atoms with Gasteiger partial charge in [0, 0.05) is 5.66 Å². The summed E-state index contributed by atoms with van der Waals surface area (Å²) in [7, 11) is 1.59. The van der Waals surface area contributed by atoms with Crippen LogP contribution in [0.15, 0.2) is 0 Å². The highest BCUT2D eigenvalue weighted by Gasteiger charge is 2.29. The lowest BCUT2D eigenvalue weighted by molar-refractivity contribution is 0.243. The van der Waals surface area contributed by atoms with E-state index >= 15 is 0 Å². The predicted octanol–water partition coefficient (Wildman–Crippen LogP) is 5.24. The zero-order valence-corrected chi connectivity index (χ0v) is 12.8. The van der Waals surface area contributed by atoms with Crippen LogP contribution >= 0.6 is 8.20 Å². The van der Waals surface area contributed by atoms with Crippen molar-refractivity contribution in [3.63, 3.8) is 0 Å². The van der Waals surface area contributed by atoms with Crippen LogP contribution in [0.2, 0.25) is 0 Å². The quantitative estimate of drug-likeness (QED) is 0.579. The van der Waals surface area contributed by atoms with Crippen molar-refractivity contribution in [2.24, 2.45) is 23.2 Å². The largest absolute Gasteiger partial charge is 0.105 e. The summed E-state index contributed by atoms with van der Waals surface area (Å²) in [5.41, 5.74) is 1.30. The molecule has 0 nitrogen and oxygen atoms in total. The van der Waals surface area contributed by atoms with E-state index in [2.05, 4.69) is 47.3 Å². The number of hydrogen-bond donors (Lipinski definition) is 0. The van der Waals surface area contributed by atoms with E-state index in [0.29, 0.717) is 5.41 Å². The standard InChI is InChI=1S/C15H29P/c1-11(2)13-8-7-12(3)9-14(13)16-10-15(4,5)6/h10-14H,7-9H2,1-6H3/t12-,13+,14-/m1/s1. The Kier molecular flexibility index (Phi) is 5.05. The molecule has 1 fully saturated rings. The first kappa shape index (κ1) is 14.2. The van der Waals surface area contributed by atoms with Crippen LogP contribution in [0, 0.1) is 23.2 Å². The maximum absolute atomic E-state index is 2.52. The van der Waals surface area contributed by atoms with Crippen molar-refractivity contribution in [1.82, 2.24) is 0 Å². The molecule has 0 radical (unpaired) electrons. The summed E-state index contributed by atoms with van der Waals surface area (Å²) in [6, 6.07) is 0. The van der Waals surface area contributed by atoms with Crippen LogP contribution in [0.3, 0.4) is 0 Å². The summed E-state index contributed by atoms with van der Waals surface area (Å²) in [6.07, 6.45) is 4.34. The third kappa shape index (κ3) is 4.58. The Morgan fingerprint density at radius 1 is 1.19 bits per heavy atom. The highest BCUT2D eigenvalue weighted by molar-refractivity contribution is 7.39. The normalized spacial score (nSPS) is 32.6. The van der Waals surface area contributed by atoms with Crippen molar-refractivity contribution in [3.8, 4) is 0 Å². The fourth-order valence-corrected chi connectivity index (χ4v) is 4.48. The molecule has 0 spiro atoms. The van der Waals surface area contributed by atoms with Gasteiger partial charge in [0.05, 0.1) is 0 Å². The Bertz CT molecular complexity index is 234. The molecule has 0 aliphatic heterocycles. The van der Waals surface area contributed by atoms with E-state index in [-0.39, 0.29) is 0 Å². The summed E-state index contributed by atoms with van der Waals surface area (Å²) in [6.45, 7) is 14.2. The molecule has 1 saturated carbocycles. The number of rotatable bonds is 2. The first-order valence-corrected chi connectivity index (χ1v) is 7.87. The van der Waals surface area contributed by atoms with Crippen LogP contribution in [0.4, 0.5) is 0 Å². The molecule has 0 aromatic rings. The smallest absolute Gasteiger partial charge is 0.00392 e. The van der Waals surface area contributed by atoms with Crippen LogP contribution in [-0.2, 0) is 0 Å². The Labute approximate surface area is 104 Å². The van der Waals surface area contributed by atoms with Crippen LogP contribution in [0.25, 0.3) is 0 Å². The lowest BCUT2D eigenvalue weighted by atomic mass is 9.77. The molecule has 94 valence electrons. The van der Waals surface area contributed by atoms with Crippen LogP contribution < -0.4 is 0 Å². The second kappa shape index (κ2) is 5.67. The molecule has 0 heterocycles. The molecule has 16 heavy (non-hydrogen) atoms. The molecule has 1 heteroatoms. The van der Waals surface area contributed by atoms with Crippen molar-refractivity contribution < 1.29 is 0 Å². The SMILES string of the molecule is CC(C)[C@@H]1CC[C@@H](C)C[C@H]1P=CC(C)(C)C. The van der Waals surface area contributed by atoms with Gasteiger partial charge in [0.1, 0.15) is 0 Å². The van der Waals surface area contributed by atoms with Gasteiger partial charge in [-0.05, 0) is 36.0 Å². The van der Waals surface area contributed by atoms with Gasteiger partial charge in [0.2, 0.25) is 0 Å². The molecule has 3 atom stereocenters. The molecule has 0 unspecified atom stereocenters. The zero-order valence-electron chi connectivity index (χ0n) is 12.0. The minimum atomic E-state index is 0.379.